The number of fused-ring (bicyclic) bond motifs is 1. The maximum atomic E-state index is 12.7. The number of rotatable bonds is 2. The number of para-hydroxylation sites is 1. The quantitative estimate of drug-likeness (QED) is 0.764. The second-order valence-electron chi connectivity index (χ2n) is 5.45. The van der Waals surface area contributed by atoms with Gasteiger partial charge in [-0.3, -0.25) is 14.6 Å². The molecular weight excluding hydrogens is 346 g/mol. The molecule has 6 nitrogen and oxygen atoms in total. The van der Waals surface area contributed by atoms with Crippen molar-refractivity contribution >= 4 is 32.7 Å². The maximum absolute atomic E-state index is 12.7. The average Bonchev–Trinajstić information content (AvgIpc) is 3.25. The van der Waals surface area contributed by atoms with Crippen LogP contribution in [-0.2, 0) is 0 Å². The van der Waals surface area contributed by atoms with Crippen molar-refractivity contribution < 1.29 is 4.79 Å². The highest BCUT2D eigenvalue weighted by Gasteiger charge is 2.30. The van der Waals surface area contributed by atoms with Crippen LogP contribution in [0.5, 0.6) is 0 Å². The van der Waals surface area contributed by atoms with E-state index in [2.05, 4.69) is 31.2 Å². The molecule has 1 aliphatic heterocycles. The third-order valence-corrected chi connectivity index (χ3v) is 4.48. The summed E-state index contributed by atoms with van der Waals surface area (Å²) in [6.45, 7) is 1.39. The first-order valence-corrected chi connectivity index (χ1v) is 7.94. The van der Waals surface area contributed by atoms with Crippen LogP contribution in [0.4, 0.5) is 0 Å². The lowest BCUT2D eigenvalue weighted by Crippen LogP contribution is -2.29. The van der Waals surface area contributed by atoms with Crippen molar-refractivity contribution in [3.63, 3.8) is 0 Å². The lowest BCUT2D eigenvalue weighted by molar-refractivity contribution is 0.0783. The smallest absolute Gasteiger partial charge is 0.275 e. The normalized spacial score (nSPS) is 18.2. The molecule has 3 heterocycles. The number of likely N-dealkylation sites (tertiary alicyclic amines) is 1. The molecule has 4 rings (SSSR count). The van der Waals surface area contributed by atoms with Crippen molar-refractivity contribution in [2.24, 2.45) is 0 Å². The van der Waals surface area contributed by atoms with Crippen molar-refractivity contribution in [3.05, 3.63) is 46.8 Å². The van der Waals surface area contributed by atoms with E-state index in [-0.39, 0.29) is 11.9 Å². The number of amides is 1. The molecule has 0 radical (unpaired) electrons. The zero-order valence-corrected chi connectivity index (χ0v) is 13.3. The van der Waals surface area contributed by atoms with Gasteiger partial charge in [-0.1, -0.05) is 18.2 Å². The average molecular weight is 360 g/mol. The third kappa shape index (κ3) is 2.21. The van der Waals surface area contributed by atoms with E-state index in [9.17, 15) is 4.79 Å². The summed E-state index contributed by atoms with van der Waals surface area (Å²) < 4.78 is 2.87. The van der Waals surface area contributed by atoms with E-state index in [1.807, 2.05) is 40.0 Å². The van der Waals surface area contributed by atoms with Gasteiger partial charge in [-0.2, -0.15) is 10.2 Å². The molecule has 1 N–H and O–H groups in total. The number of carbonyl (C=O) groups is 1. The van der Waals surface area contributed by atoms with Crippen molar-refractivity contribution in [3.8, 4) is 0 Å². The molecule has 1 aromatic carbocycles. The maximum Gasteiger partial charge on any atom is 0.275 e. The van der Waals surface area contributed by atoms with E-state index in [0.717, 1.165) is 28.3 Å². The van der Waals surface area contributed by atoms with Crippen LogP contribution in [0.1, 0.15) is 23.0 Å². The Morgan fingerprint density at radius 3 is 3.05 bits per heavy atom. The number of nitrogens with zero attached hydrogens (tertiary/aromatic N) is 4. The van der Waals surface area contributed by atoms with E-state index in [4.69, 9.17) is 0 Å². The van der Waals surface area contributed by atoms with Crippen LogP contribution in [0.2, 0.25) is 0 Å². The van der Waals surface area contributed by atoms with Gasteiger partial charge >= 0.3 is 0 Å². The van der Waals surface area contributed by atoms with Gasteiger partial charge in [0.1, 0.15) is 0 Å². The molecule has 3 aromatic rings. The van der Waals surface area contributed by atoms with Gasteiger partial charge in [0, 0.05) is 24.7 Å². The molecule has 1 aliphatic rings. The molecule has 22 heavy (non-hydrogen) atoms. The predicted molar refractivity (Wildman–Crippen MR) is 85.6 cm³/mol. The number of aromatic amines is 1. The molecule has 1 atom stereocenters. The molecule has 1 amide bonds. The van der Waals surface area contributed by atoms with Crippen LogP contribution < -0.4 is 0 Å². The Hall–Kier alpha value is -2.15. The highest BCUT2D eigenvalue weighted by atomic mass is 79.9. The second kappa shape index (κ2) is 5.24. The van der Waals surface area contributed by atoms with Crippen LogP contribution in [0, 0.1) is 0 Å². The van der Waals surface area contributed by atoms with Gasteiger partial charge in [0.05, 0.1) is 22.2 Å². The van der Waals surface area contributed by atoms with Crippen LogP contribution in [-0.4, -0.2) is 43.9 Å². The number of aromatic nitrogens is 4. The first-order valence-electron chi connectivity index (χ1n) is 7.14. The standard InChI is InChI=1S/C15H14BrN5O/c16-10-7-17-21(8-10)11-5-6-20(9-11)15(22)14-12-3-1-2-4-13(12)18-19-14/h1-4,7-8,11H,5-6,9H2,(H,18,19). The summed E-state index contributed by atoms with van der Waals surface area (Å²) in [6.07, 6.45) is 4.62. The Morgan fingerprint density at radius 2 is 2.23 bits per heavy atom. The van der Waals surface area contributed by atoms with E-state index < -0.39 is 0 Å². The fraction of sp³-hybridized carbons (Fsp3) is 0.267. The fourth-order valence-electron chi connectivity index (χ4n) is 2.93. The minimum absolute atomic E-state index is 0.0221. The largest absolute Gasteiger partial charge is 0.335 e. The summed E-state index contributed by atoms with van der Waals surface area (Å²) in [5, 5.41) is 12.3. The first kappa shape index (κ1) is 13.5. The van der Waals surface area contributed by atoms with Gasteiger partial charge < -0.3 is 4.90 Å². The molecule has 1 saturated heterocycles. The predicted octanol–water partition coefficient (Wildman–Crippen LogP) is 2.61. The Balaban J connectivity index is 1.57. The number of halogens is 1. The van der Waals surface area contributed by atoms with Gasteiger partial charge in [-0.25, -0.2) is 0 Å². The summed E-state index contributed by atoms with van der Waals surface area (Å²) in [6, 6.07) is 7.91. The zero-order chi connectivity index (χ0) is 15.1. The molecule has 1 fully saturated rings. The zero-order valence-electron chi connectivity index (χ0n) is 11.7. The van der Waals surface area contributed by atoms with Crippen molar-refractivity contribution in [2.45, 2.75) is 12.5 Å². The Kier molecular flexibility index (Phi) is 3.22. The third-order valence-electron chi connectivity index (χ3n) is 4.07. The summed E-state index contributed by atoms with van der Waals surface area (Å²) >= 11 is 3.40. The van der Waals surface area contributed by atoms with Crippen LogP contribution >= 0.6 is 15.9 Å². The number of H-pyrrole nitrogens is 1. The number of hydrogen-bond donors (Lipinski definition) is 1. The summed E-state index contributed by atoms with van der Waals surface area (Å²) in [7, 11) is 0. The molecule has 0 spiro atoms. The Labute approximate surface area is 135 Å². The monoisotopic (exact) mass is 359 g/mol. The van der Waals surface area contributed by atoms with Crippen LogP contribution in [0.15, 0.2) is 41.1 Å². The number of carbonyl (C=O) groups excluding carboxylic acids is 1. The van der Waals surface area contributed by atoms with E-state index in [1.165, 1.54) is 0 Å². The summed E-state index contributed by atoms with van der Waals surface area (Å²) in [5.41, 5.74) is 1.38. The van der Waals surface area contributed by atoms with Crippen molar-refractivity contribution in [2.75, 3.05) is 13.1 Å². The number of benzene rings is 1. The van der Waals surface area contributed by atoms with Gasteiger partial charge in [0.25, 0.3) is 5.91 Å². The molecule has 0 saturated carbocycles. The number of nitrogens with one attached hydrogen (secondary N) is 1. The molecule has 0 bridgehead atoms. The van der Waals surface area contributed by atoms with E-state index >= 15 is 0 Å². The highest BCUT2D eigenvalue weighted by Crippen LogP contribution is 2.25. The molecule has 2 aromatic heterocycles. The summed E-state index contributed by atoms with van der Waals surface area (Å²) in [4.78, 5) is 14.6. The SMILES string of the molecule is O=C(c1n[nH]c2ccccc12)N1CCC(n2cc(Br)cn2)C1. The molecule has 0 aliphatic carbocycles. The first-order chi connectivity index (χ1) is 10.7. The Bertz CT molecular complexity index is 839. The highest BCUT2D eigenvalue weighted by molar-refractivity contribution is 9.10. The van der Waals surface area contributed by atoms with Crippen molar-refractivity contribution in [1.29, 1.82) is 0 Å². The summed E-state index contributed by atoms with van der Waals surface area (Å²) in [5.74, 6) is -0.0221. The van der Waals surface area contributed by atoms with Crippen LogP contribution in [0.3, 0.4) is 0 Å². The minimum atomic E-state index is -0.0221. The van der Waals surface area contributed by atoms with Crippen molar-refractivity contribution in [1.82, 2.24) is 24.9 Å². The van der Waals surface area contributed by atoms with E-state index in [1.54, 1.807) is 6.20 Å². The van der Waals surface area contributed by atoms with Gasteiger partial charge in [0.15, 0.2) is 5.69 Å². The lowest BCUT2D eigenvalue weighted by atomic mass is 10.2. The Morgan fingerprint density at radius 1 is 1.36 bits per heavy atom. The minimum Gasteiger partial charge on any atom is -0.335 e. The number of hydrogen-bond acceptors (Lipinski definition) is 3. The molecule has 7 heteroatoms. The van der Waals surface area contributed by atoms with Gasteiger partial charge in [-0.15, -0.1) is 0 Å². The topological polar surface area (TPSA) is 66.8 Å². The van der Waals surface area contributed by atoms with Gasteiger partial charge in [-0.05, 0) is 28.4 Å². The molecule has 1 unspecified atom stereocenters. The van der Waals surface area contributed by atoms with Crippen LogP contribution in [0.25, 0.3) is 10.9 Å². The molecular formula is C15H14BrN5O. The molecule has 112 valence electrons. The van der Waals surface area contributed by atoms with Gasteiger partial charge in [0.2, 0.25) is 0 Å². The second-order valence-corrected chi connectivity index (χ2v) is 6.37. The van der Waals surface area contributed by atoms with E-state index in [0.29, 0.717) is 12.2 Å². The fourth-order valence-corrected chi connectivity index (χ4v) is 3.23. The lowest BCUT2D eigenvalue weighted by Gasteiger charge is -2.15.